The van der Waals surface area contributed by atoms with Crippen molar-refractivity contribution in [3.63, 3.8) is 0 Å². The van der Waals surface area contributed by atoms with Gasteiger partial charge in [0.1, 0.15) is 5.75 Å². The highest BCUT2D eigenvalue weighted by molar-refractivity contribution is 9.10. The predicted octanol–water partition coefficient (Wildman–Crippen LogP) is 5.13. The summed E-state index contributed by atoms with van der Waals surface area (Å²) >= 11 is 9.49. The number of rotatable bonds is 4. The minimum Gasteiger partial charge on any atom is -0.481 e. The zero-order chi connectivity index (χ0) is 16.3. The monoisotopic (exact) mass is 381 g/mol. The average molecular weight is 383 g/mol. The van der Waals surface area contributed by atoms with Gasteiger partial charge in [0.15, 0.2) is 6.10 Å². The van der Waals surface area contributed by atoms with Crippen LogP contribution < -0.4 is 10.1 Å². The molecule has 0 spiro atoms. The molecule has 2 rings (SSSR count). The normalized spacial score (nSPS) is 11.9. The summed E-state index contributed by atoms with van der Waals surface area (Å²) in [7, 11) is 0. The smallest absolute Gasteiger partial charge is 0.265 e. The van der Waals surface area contributed by atoms with E-state index in [9.17, 15) is 4.79 Å². The number of nitrogens with one attached hydrogen (secondary N) is 1. The van der Waals surface area contributed by atoms with Crippen LogP contribution in [-0.4, -0.2) is 12.0 Å². The molecule has 0 saturated carbocycles. The molecule has 5 heteroatoms. The van der Waals surface area contributed by atoms with Crippen molar-refractivity contribution in [2.45, 2.75) is 26.9 Å². The van der Waals surface area contributed by atoms with Crippen molar-refractivity contribution in [1.82, 2.24) is 0 Å². The number of hydrogen-bond acceptors (Lipinski definition) is 2. The number of benzene rings is 2. The Balaban J connectivity index is 2.03. The standard InChI is InChI=1S/C17H17BrClNO2/c1-10-8-15(9-11(2)16(10)19)22-12(3)17(21)20-14-6-4-13(18)5-7-14/h4-9,12H,1-3H3,(H,20,21)/t12-/m1/s1. The molecule has 0 bridgehead atoms. The highest BCUT2D eigenvalue weighted by Crippen LogP contribution is 2.26. The summed E-state index contributed by atoms with van der Waals surface area (Å²) in [6, 6.07) is 11.0. The number of halogens is 2. The maximum atomic E-state index is 12.2. The van der Waals surface area contributed by atoms with E-state index in [1.165, 1.54) is 0 Å². The number of anilines is 1. The fourth-order valence-corrected chi connectivity index (χ4v) is 2.38. The Morgan fingerprint density at radius 2 is 1.73 bits per heavy atom. The molecule has 3 nitrogen and oxygen atoms in total. The second kappa shape index (κ2) is 7.16. The third kappa shape index (κ3) is 4.24. The lowest BCUT2D eigenvalue weighted by atomic mass is 10.1. The van der Waals surface area contributed by atoms with Crippen molar-refractivity contribution in [3.8, 4) is 5.75 Å². The van der Waals surface area contributed by atoms with Crippen molar-refractivity contribution in [3.05, 3.63) is 57.0 Å². The maximum absolute atomic E-state index is 12.2. The molecule has 0 aliphatic rings. The summed E-state index contributed by atoms with van der Waals surface area (Å²) in [5.41, 5.74) is 2.58. The van der Waals surface area contributed by atoms with Gasteiger partial charge >= 0.3 is 0 Å². The third-order valence-electron chi connectivity index (χ3n) is 3.20. The van der Waals surface area contributed by atoms with Crippen LogP contribution in [0, 0.1) is 13.8 Å². The van der Waals surface area contributed by atoms with Crippen LogP contribution in [0.25, 0.3) is 0 Å². The number of carbonyl (C=O) groups is 1. The molecule has 1 amide bonds. The summed E-state index contributed by atoms with van der Waals surface area (Å²) in [6.07, 6.45) is -0.608. The van der Waals surface area contributed by atoms with E-state index in [4.69, 9.17) is 16.3 Å². The van der Waals surface area contributed by atoms with E-state index in [1.54, 1.807) is 6.92 Å². The highest BCUT2D eigenvalue weighted by Gasteiger charge is 2.15. The lowest BCUT2D eigenvalue weighted by Crippen LogP contribution is -2.30. The molecule has 0 heterocycles. The van der Waals surface area contributed by atoms with Gasteiger partial charge in [0.25, 0.3) is 5.91 Å². The zero-order valence-corrected chi connectivity index (χ0v) is 15.0. The quantitative estimate of drug-likeness (QED) is 0.796. The first-order valence-corrected chi connectivity index (χ1v) is 8.03. The third-order valence-corrected chi connectivity index (χ3v) is 4.33. The van der Waals surface area contributed by atoms with Crippen molar-refractivity contribution >= 4 is 39.1 Å². The molecule has 1 N–H and O–H groups in total. The Morgan fingerprint density at radius 3 is 2.27 bits per heavy atom. The fourth-order valence-electron chi connectivity index (χ4n) is 2.01. The first-order valence-electron chi connectivity index (χ1n) is 6.86. The first kappa shape index (κ1) is 16.8. The van der Waals surface area contributed by atoms with Crippen LogP contribution in [0.1, 0.15) is 18.1 Å². The van der Waals surface area contributed by atoms with E-state index in [0.717, 1.165) is 26.3 Å². The number of ether oxygens (including phenoxy) is 1. The Morgan fingerprint density at radius 1 is 1.18 bits per heavy atom. The first-order chi connectivity index (χ1) is 10.4. The van der Waals surface area contributed by atoms with Crippen LogP contribution in [0.4, 0.5) is 5.69 Å². The number of aryl methyl sites for hydroxylation is 2. The number of hydrogen-bond donors (Lipinski definition) is 1. The van der Waals surface area contributed by atoms with Gasteiger partial charge in [-0.2, -0.15) is 0 Å². The van der Waals surface area contributed by atoms with E-state index in [1.807, 2.05) is 50.2 Å². The molecule has 0 radical (unpaired) electrons. The van der Waals surface area contributed by atoms with E-state index in [2.05, 4.69) is 21.2 Å². The molecular formula is C17H17BrClNO2. The number of carbonyl (C=O) groups excluding carboxylic acids is 1. The van der Waals surface area contributed by atoms with Crippen molar-refractivity contribution in [2.24, 2.45) is 0 Å². The SMILES string of the molecule is Cc1cc(O[C@H](C)C(=O)Nc2ccc(Br)cc2)cc(C)c1Cl. The molecular weight excluding hydrogens is 366 g/mol. The van der Waals surface area contributed by atoms with Gasteiger partial charge < -0.3 is 10.1 Å². The van der Waals surface area contributed by atoms with Crippen LogP contribution in [-0.2, 0) is 4.79 Å². The van der Waals surface area contributed by atoms with Crippen molar-refractivity contribution in [1.29, 1.82) is 0 Å². The lowest BCUT2D eigenvalue weighted by molar-refractivity contribution is -0.122. The van der Waals surface area contributed by atoms with Gasteiger partial charge in [-0.3, -0.25) is 4.79 Å². The van der Waals surface area contributed by atoms with Crippen LogP contribution in [0.15, 0.2) is 40.9 Å². The summed E-state index contributed by atoms with van der Waals surface area (Å²) < 4.78 is 6.67. The summed E-state index contributed by atoms with van der Waals surface area (Å²) in [4.78, 5) is 12.2. The van der Waals surface area contributed by atoms with Gasteiger partial charge in [-0.1, -0.05) is 27.5 Å². The van der Waals surface area contributed by atoms with Gasteiger partial charge in [-0.25, -0.2) is 0 Å². The Bertz CT molecular complexity index is 663. The average Bonchev–Trinajstić information content (AvgIpc) is 2.47. The van der Waals surface area contributed by atoms with Gasteiger partial charge in [-0.15, -0.1) is 0 Å². The molecule has 22 heavy (non-hydrogen) atoms. The van der Waals surface area contributed by atoms with Gasteiger partial charge in [0.2, 0.25) is 0 Å². The summed E-state index contributed by atoms with van der Waals surface area (Å²) in [6.45, 7) is 5.54. The highest BCUT2D eigenvalue weighted by atomic mass is 79.9. The predicted molar refractivity (Wildman–Crippen MR) is 93.8 cm³/mol. The van der Waals surface area contributed by atoms with E-state index in [-0.39, 0.29) is 5.91 Å². The summed E-state index contributed by atoms with van der Waals surface area (Å²) in [5, 5.41) is 3.54. The van der Waals surface area contributed by atoms with Crippen LogP contribution in [0.5, 0.6) is 5.75 Å². The molecule has 1 atom stereocenters. The molecule has 0 aliphatic carbocycles. The minimum absolute atomic E-state index is 0.201. The second-order valence-electron chi connectivity index (χ2n) is 5.13. The zero-order valence-electron chi connectivity index (χ0n) is 12.6. The molecule has 0 unspecified atom stereocenters. The van der Waals surface area contributed by atoms with Crippen LogP contribution >= 0.6 is 27.5 Å². The largest absolute Gasteiger partial charge is 0.481 e. The molecule has 0 aliphatic heterocycles. The fraction of sp³-hybridized carbons (Fsp3) is 0.235. The summed E-state index contributed by atoms with van der Waals surface area (Å²) in [5.74, 6) is 0.436. The Hall–Kier alpha value is -1.52. The lowest BCUT2D eigenvalue weighted by Gasteiger charge is -2.16. The molecule has 2 aromatic carbocycles. The van der Waals surface area contributed by atoms with E-state index >= 15 is 0 Å². The number of amides is 1. The molecule has 0 saturated heterocycles. The topological polar surface area (TPSA) is 38.3 Å². The maximum Gasteiger partial charge on any atom is 0.265 e. The van der Waals surface area contributed by atoms with Crippen molar-refractivity contribution < 1.29 is 9.53 Å². The van der Waals surface area contributed by atoms with E-state index in [0.29, 0.717) is 5.75 Å². The minimum atomic E-state index is -0.608. The van der Waals surface area contributed by atoms with Crippen molar-refractivity contribution in [2.75, 3.05) is 5.32 Å². The van der Waals surface area contributed by atoms with Gasteiger partial charge in [0.05, 0.1) is 0 Å². The molecule has 2 aromatic rings. The molecule has 0 aromatic heterocycles. The van der Waals surface area contributed by atoms with Gasteiger partial charge in [-0.05, 0) is 68.3 Å². The Labute approximate surface area is 143 Å². The van der Waals surface area contributed by atoms with E-state index < -0.39 is 6.10 Å². The molecule has 0 fully saturated rings. The Kier molecular flexibility index (Phi) is 5.48. The van der Waals surface area contributed by atoms with Crippen LogP contribution in [0.3, 0.4) is 0 Å². The second-order valence-corrected chi connectivity index (χ2v) is 6.42. The molecule has 116 valence electrons. The van der Waals surface area contributed by atoms with Gasteiger partial charge in [0, 0.05) is 15.2 Å². The van der Waals surface area contributed by atoms with Crippen LogP contribution in [0.2, 0.25) is 5.02 Å².